The lowest BCUT2D eigenvalue weighted by molar-refractivity contribution is -0.385. The highest BCUT2D eigenvalue weighted by Crippen LogP contribution is 2.37. The average molecular weight is 369 g/mol. The summed E-state index contributed by atoms with van der Waals surface area (Å²) < 4.78 is 49.5. The van der Waals surface area contributed by atoms with Crippen molar-refractivity contribution in [3.8, 4) is 5.75 Å². The lowest BCUT2D eigenvalue weighted by Crippen LogP contribution is -2.15. The van der Waals surface area contributed by atoms with Crippen LogP contribution < -0.4 is 4.74 Å². The van der Waals surface area contributed by atoms with Crippen molar-refractivity contribution in [2.45, 2.75) is 19.2 Å². The Bertz CT molecular complexity index is 835. The molecule has 2 aromatic carbocycles. The van der Waals surface area contributed by atoms with Crippen LogP contribution in [-0.4, -0.2) is 18.0 Å². The van der Waals surface area contributed by atoms with Gasteiger partial charge in [0.1, 0.15) is 17.4 Å². The van der Waals surface area contributed by atoms with Gasteiger partial charge in [0.05, 0.1) is 23.7 Å². The number of methoxy groups -OCH3 is 1. The van der Waals surface area contributed by atoms with Crippen LogP contribution >= 0.6 is 0 Å². The van der Waals surface area contributed by atoms with Crippen LogP contribution in [0.4, 0.5) is 18.9 Å². The van der Waals surface area contributed by atoms with Crippen LogP contribution in [0.2, 0.25) is 0 Å². The third-order valence-electron chi connectivity index (χ3n) is 3.59. The molecule has 0 unspecified atom stereocenters. The zero-order chi connectivity index (χ0) is 19.5. The van der Waals surface area contributed by atoms with Gasteiger partial charge in [0, 0.05) is 11.6 Å². The predicted molar refractivity (Wildman–Crippen MR) is 84.9 cm³/mol. The van der Waals surface area contributed by atoms with E-state index < -0.39 is 28.7 Å². The largest absolute Gasteiger partial charge is 0.485 e. The Kier molecular flexibility index (Phi) is 5.49. The number of nitro benzene ring substituents is 1. The molecule has 9 heteroatoms. The number of nitrogens with zero attached hydrogens (tertiary/aromatic N) is 1. The van der Waals surface area contributed by atoms with E-state index in [-0.39, 0.29) is 22.6 Å². The highest BCUT2D eigenvalue weighted by Gasteiger charge is 2.35. The van der Waals surface area contributed by atoms with Gasteiger partial charge < -0.3 is 9.47 Å². The van der Waals surface area contributed by atoms with Crippen molar-refractivity contribution in [3.63, 3.8) is 0 Å². The van der Waals surface area contributed by atoms with E-state index in [1.807, 2.05) is 0 Å². The molecule has 0 aliphatic rings. The number of rotatable bonds is 5. The molecular formula is C17H14F3NO5. The van der Waals surface area contributed by atoms with Crippen molar-refractivity contribution < 1.29 is 32.4 Å². The zero-order valence-corrected chi connectivity index (χ0v) is 13.7. The number of hydrogen-bond donors (Lipinski definition) is 0. The minimum Gasteiger partial charge on any atom is -0.485 e. The molecule has 2 rings (SSSR count). The Morgan fingerprint density at radius 3 is 2.42 bits per heavy atom. The van der Waals surface area contributed by atoms with Crippen LogP contribution in [0.1, 0.15) is 34.5 Å². The molecule has 138 valence electrons. The van der Waals surface area contributed by atoms with E-state index >= 15 is 0 Å². The van der Waals surface area contributed by atoms with Crippen LogP contribution in [0.15, 0.2) is 42.5 Å². The summed E-state index contributed by atoms with van der Waals surface area (Å²) in [6.45, 7) is 1.35. The second-order valence-corrected chi connectivity index (χ2v) is 5.27. The molecular weight excluding hydrogens is 355 g/mol. The zero-order valence-electron chi connectivity index (χ0n) is 13.7. The van der Waals surface area contributed by atoms with E-state index in [2.05, 4.69) is 4.74 Å². The first kappa shape index (κ1) is 19.2. The first-order valence-electron chi connectivity index (χ1n) is 7.34. The first-order valence-corrected chi connectivity index (χ1v) is 7.34. The molecule has 0 aliphatic heterocycles. The number of benzene rings is 2. The third kappa shape index (κ3) is 4.11. The van der Waals surface area contributed by atoms with E-state index in [1.165, 1.54) is 25.1 Å². The molecule has 0 N–H and O–H groups in total. The molecule has 0 radical (unpaired) electrons. The van der Waals surface area contributed by atoms with E-state index in [4.69, 9.17) is 4.74 Å². The number of halogens is 3. The van der Waals surface area contributed by atoms with Crippen molar-refractivity contribution in [1.29, 1.82) is 0 Å². The summed E-state index contributed by atoms with van der Waals surface area (Å²) in [5.41, 5.74) is -1.56. The van der Waals surface area contributed by atoms with Crippen LogP contribution in [0.3, 0.4) is 0 Å². The molecule has 0 bridgehead atoms. The second kappa shape index (κ2) is 7.42. The number of nitro groups is 1. The fourth-order valence-corrected chi connectivity index (χ4v) is 2.36. The average Bonchev–Trinajstić information content (AvgIpc) is 2.60. The number of carbonyl (C=O) groups excluding carboxylic acids is 1. The molecule has 6 nitrogen and oxygen atoms in total. The van der Waals surface area contributed by atoms with Crippen molar-refractivity contribution in [2.24, 2.45) is 0 Å². The normalized spacial score (nSPS) is 12.3. The van der Waals surface area contributed by atoms with Crippen molar-refractivity contribution >= 4 is 11.7 Å². The maximum atomic E-state index is 13.2. The predicted octanol–water partition coefficient (Wildman–Crippen LogP) is 4.54. The molecule has 0 heterocycles. The lowest BCUT2D eigenvalue weighted by Gasteiger charge is -2.20. The van der Waals surface area contributed by atoms with Gasteiger partial charge in [-0.1, -0.05) is 18.2 Å². The van der Waals surface area contributed by atoms with Crippen molar-refractivity contribution in [1.82, 2.24) is 0 Å². The minimum absolute atomic E-state index is 0.130. The quantitative estimate of drug-likeness (QED) is 0.439. The SMILES string of the molecule is COC(=O)c1ccc([N+](=O)[O-])cc1O[C@@H](C)c1ccccc1C(F)(F)F. The van der Waals surface area contributed by atoms with Crippen LogP contribution in [0.25, 0.3) is 0 Å². The summed E-state index contributed by atoms with van der Waals surface area (Å²) in [6.07, 6.45) is -5.72. The Labute approximate surface area is 146 Å². The van der Waals surface area contributed by atoms with E-state index in [9.17, 15) is 28.1 Å². The van der Waals surface area contributed by atoms with E-state index in [0.29, 0.717) is 0 Å². The Hall–Kier alpha value is -3.10. The van der Waals surface area contributed by atoms with Gasteiger partial charge in [-0.15, -0.1) is 0 Å². The molecule has 26 heavy (non-hydrogen) atoms. The summed E-state index contributed by atoms with van der Waals surface area (Å²) in [4.78, 5) is 22.0. The van der Waals surface area contributed by atoms with Gasteiger partial charge >= 0.3 is 12.1 Å². The molecule has 0 spiro atoms. The van der Waals surface area contributed by atoms with Gasteiger partial charge in [-0.25, -0.2) is 4.79 Å². The summed E-state index contributed by atoms with van der Waals surface area (Å²) >= 11 is 0. The Morgan fingerprint density at radius 1 is 1.19 bits per heavy atom. The number of non-ortho nitro benzene ring substituents is 1. The van der Waals surface area contributed by atoms with Gasteiger partial charge in [-0.05, 0) is 19.1 Å². The number of esters is 1. The minimum atomic E-state index is -4.60. The maximum absolute atomic E-state index is 13.2. The maximum Gasteiger partial charge on any atom is 0.416 e. The van der Waals surface area contributed by atoms with Crippen LogP contribution in [0, 0.1) is 10.1 Å². The van der Waals surface area contributed by atoms with Crippen LogP contribution in [-0.2, 0) is 10.9 Å². The molecule has 0 amide bonds. The Balaban J connectivity index is 2.46. The number of hydrogen-bond acceptors (Lipinski definition) is 5. The van der Waals surface area contributed by atoms with Gasteiger partial charge in [0.2, 0.25) is 0 Å². The highest BCUT2D eigenvalue weighted by molar-refractivity contribution is 5.92. The van der Waals surface area contributed by atoms with Crippen LogP contribution in [0.5, 0.6) is 5.75 Å². The van der Waals surface area contributed by atoms with Crippen molar-refractivity contribution in [2.75, 3.05) is 7.11 Å². The highest BCUT2D eigenvalue weighted by atomic mass is 19.4. The molecule has 0 aromatic heterocycles. The summed E-state index contributed by atoms with van der Waals surface area (Å²) in [5, 5.41) is 10.9. The molecule has 0 saturated carbocycles. The third-order valence-corrected chi connectivity index (χ3v) is 3.59. The number of carbonyl (C=O) groups is 1. The second-order valence-electron chi connectivity index (χ2n) is 5.27. The fourth-order valence-electron chi connectivity index (χ4n) is 2.36. The summed E-state index contributed by atoms with van der Waals surface area (Å²) in [7, 11) is 1.11. The molecule has 1 atom stereocenters. The topological polar surface area (TPSA) is 78.7 Å². The van der Waals surface area contributed by atoms with Gasteiger partial charge in [-0.2, -0.15) is 13.2 Å². The smallest absolute Gasteiger partial charge is 0.416 e. The lowest BCUT2D eigenvalue weighted by atomic mass is 10.0. The van der Waals surface area contributed by atoms with Gasteiger partial charge in [0.15, 0.2) is 0 Å². The summed E-state index contributed by atoms with van der Waals surface area (Å²) in [6, 6.07) is 7.98. The molecule has 2 aromatic rings. The summed E-state index contributed by atoms with van der Waals surface area (Å²) in [5.74, 6) is -1.07. The van der Waals surface area contributed by atoms with Gasteiger partial charge in [-0.3, -0.25) is 10.1 Å². The monoisotopic (exact) mass is 369 g/mol. The number of alkyl halides is 3. The standard InChI is InChI=1S/C17H14F3NO5/c1-10(12-5-3-4-6-14(12)17(18,19)20)26-15-9-11(21(23)24)7-8-13(15)16(22)25-2/h3-10H,1-2H3/t10-/m0/s1. The number of ether oxygens (including phenoxy) is 2. The van der Waals surface area contributed by atoms with Gasteiger partial charge in [0.25, 0.3) is 5.69 Å². The van der Waals surface area contributed by atoms with E-state index in [0.717, 1.165) is 31.4 Å². The molecule has 0 saturated heterocycles. The molecule has 0 fully saturated rings. The Morgan fingerprint density at radius 2 is 1.85 bits per heavy atom. The fraction of sp³-hybridized carbons (Fsp3) is 0.235. The molecule has 0 aliphatic carbocycles. The first-order chi connectivity index (χ1) is 12.1. The van der Waals surface area contributed by atoms with Crippen molar-refractivity contribution in [3.05, 3.63) is 69.3 Å². The van der Waals surface area contributed by atoms with E-state index in [1.54, 1.807) is 0 Å².